The number of rotatable bonds is 2. The fourth-order valence-electron chi connectivity index (χ4n) is 2.91. The van der Waals surface area contributed by atoms with Gasteiger partial charge in [0.1, 0.15) is 5.82 Å². The molecule has 17 heavy (non-hydrogen) atoms. The normalized spacial score (nSPS) is 25.5. The molecule has 2 aliphatic rings. The molecular weight excluding hydrogens is 212 g/mol. The lowest BCUT2D eigenvalue weighted by molar-refractivity contribution is 0.272. The van der Waals surface area contributed by atoms with Crippen LogP contribution in [0.1, 0.15) is 43.4 Å². The van der Waals surface area contributed by atoms with Crippen molar-refractivity contribution in [3.8, 4) is 0 Å². The summed E-state index contributed by atoms with van der Waals surface area (Å²) in [5.74, 6) is 1.84. The van der Waals surface area contributed by atoms with Crippen LogP contribution in [0.3, 0.4) is 0 Å². The average Bonchev–Trinajstić information content (AvgIpc) is 2.95. The summed E-state index contributed by atoms with van der Waals surface area (Å²) in [4.78, 5) is 10.9. The highest BCUT2D eigenvalue weighted by Crippen LogP contribution is 2.27. The van der Waals surface area contributed by atoms with E-state index in [1.807, 2.05) is 0 Å². The minimum Gasteiger partial charge on any atom is -0.344 e. The van der Waals surface area contributed by atoms with Gasteiger partial charge < -0.3 is 15.2 Å². The Balaban J connectivity index is 1.74. The number of H-pyrrole nitrogens is 1. The quantitative estimate of drug-likeness (QED) is 0.809. The third kappa shape index (κ3) is 2.11. The Bertz CT molecular complexity index is 373. The highest BCUT2D eigenvalue weighted by molar-refractivity contribution is 5.20. The van der Waals surface area contributed by atoms with Gasteiger partial charge in [0.15, 0.2) is 0 Å². The van der Waals surface area contributed by atoms with Crippen LogP contribution in [0, 0.1) is 0 Å². The molecule has 4 heteroatoms. The number of imidazole rings is 1. The van der Waals surface area contributed by atoms with Crippen molar-refractivity contribution >= 4 is 0 Å². The molecule has 0 amide bonds. The molecule has 1 aromatic heterocycles. The van der Waals surface area contributed by atoms with Gasteiger partial charge in [0.25, 0.3) is 0 Å². The van der Waals surface area contributed by atoms with Crippen LogP contribution in [0.25, 0.3) is 0 Å². The van der Waals surface area contributed by atoms with Crippen LogP contribution < -0.4 is 5.32 Å². The number of nitrogens with one attached hydrogen (secondary N) is 2. The second-order valence-electron chi connectivity index (χ2n) is 5.55. The van der Waals surface area contributed by atoms with E-state index in [-0.39, 0.29) is 0 Å². The molecule has 0 saturated carbocycles. The SMILES string of the molecule is CC(C)N1CCC(c2nc3c([nH]2)CNCC3)C1. The van der Waals surface area contributed by atoms with Crippen LogP contribution >= 0.6 is 0 Å². The van der Waals surface area contributed by atoms with Crippen LogP contribution in [0.15, 0.2) is 0 Å². The summed E-state index contributed by atoms with van der Waals surface area (Å²) in [6, 6.07) is 0.659. The number of aromatic nitrogens is 2. The largest absolute Gasteiger partial charge is 0.344 e. The van der Waals surface area contributed by atoms with E-state index >= 15 is 0 Å². The third-order valence-electron chi connectivity index (χ3n) is 4.06. The second kappa shape index (κ2) is 4.42. The first-order valence-corrected chi connectivity index (χ1v) is 6.76. The van der Waals surface area contributed by atoms with Crippen LogP contribution in [0.4, 0.5) is 0 Å². The molecule has 1 fully saturated rings. The van der Waals surface area contributed by atoms with Crippen molar-refractivity contribution < 1.29 is 0 Å². The van der Waals surface area contributed by atoms with E-state index in [1.165, 1.54) is 30.2 Å². The summed E-state index contributed by atoms with van der Waals surface area (Å²) in [6.45, 7) is 8.96. The summed E-state index contributed by atoms with van der Waals surface area (Å²) < 4.78 is 0. The predicted octanol–water partition coefficient (Wildman–Crippen LogP) is 1.25. The van der Waals surface area contributed by atoms with Crippen molar-refractivity contribution in [2.45, 2.75) is 45.2 Å². The second-order valence-corrected chi connectivity index (χ2v) is 5.55. The summed E-state index contributed by atoms with van der Waals surface area (Å²) in [6.07, 6.45) is 2.32. The molecule has 1 atom stereocenters. The lowest BCUT2D eigenvalue weighted by Gasteiger charge is -2.19. The third-order valence-corrected chi connectivity index (χ3v) is 4.06. The van der Waals surface area contributed by atoms with E-state index in [0.717, 1.165) is 26.1 Å². The first kappa shape index (κ1) is 11.2. The summed E-state index contributed by atoms with van der Waals surface area (Å²) in [5, 5.41) is 3.39. The van der Waals surface area contributed by atoms with Crippen molar-refractivity contribution in [3.63, 3.8) is 0 Å². The maximum Gasteiger partial charge on any atom is 0.111 e. The van der Waals surface area contributed by atoms with Crippen LogP contribution in [0.2, 0.25) is 0 Å². The van der Waals surface area contributed by atoms with Gasteiger partial charge in [-0.25, -0.2) is 4.98 Å². The van der Waals surface area contributed by atoms with Crippen molar-refractivity contribution in [1.29, 1.82) is 0 Å². The molecule has 0 spiro atoms. The van der Waals surface area contributed by atoms with E-state index in [0.29, 0.717) is 12.0 Å². The van der Waals surface area contributed by atoms with Crippen molar-refractivity contribution in [2.75, 3.05) is 19.6 Å². The zero-order valence-corrected chi connectivity index (χ0v) is 10.8. The topological polar surface area (TPSA) is 44.0 Å². The number of hydrogen-bond acceptors (Lipinski definition) is 3. The molecule has 3 rings (SSSR count). The number of fused-ring (bicyclic) bond motifs is 1. The Hall–Kier alpha value is -0.870. The van der Waals surface area contributed by atoms with Gasteiger partial charge in [-0.15, -0.1) is 0 Å². The van der Waals surface area contributed by atoms with Gasteiger partial charge in [-0.3, -0.25) is 0 Å². The first-order valence-electron chi connectivity index (χ1n) is 6.76. The average molecular weight is 234 g/mol. The Kier molecular flexibility index (Phi) is 2.92. The lowest BCUT2D eigenvalue weighted by atomic mass is 10.1. The van der Waals surface area contributed by atoms with Crippen LogP contribution in [-0.4, -0.2) is 40.5 Å². The highest BCUT2D eigenvalue weighted by Gasteiger charge is 2.28. The molecule has 94 valence electrons. The van der Waals surface area contributed by atoms with E-state index < -0.39 is 0 Å². The highest BCUT2D eigenvalue weighted by atomic mass is 15.2. The van der Waals surface area contributed by atoms with Gasteiger partial charge in [0.2, 0.25) is 0 Å². The maximum absolute atomic E-state index is 4.80. The monoisotopic (exact) mass is 234 g/mol. The van der Waals surface area contributed by atoms with Crippen molar-refractivity contribution in [2.24, 2.45) is 0 Å². The zero-order valence-electron chi connectivity index (χ0n) is 10.8. The molecule has 0 radical (unpaired) electrons. The van der Waals surface area contributed by atoms with E-state index in [9.17, 15) is 0 Å². The Morgan fingerprint density at radius 1 is 1.41 bits per heavy atom. The molecule has 1 saturated heterocycles. The van der Waals surface area contributed by atoms with Gasteiger partial charge in [0, 0.05) is 38.0 Å². The summed E-state index contributed by atoms with van der Waals surface area (Å²) >= 11 is 0. The molecule has 1 aromatic rings. The number of aromatic amines is 1. The van der Waals surface area contributed by atoms with Crippen molar-refractivity contribution in [3.05, 3.63) is 17.2 Å². The summed E-state index contributed by atoms with van der Waals surface area (Å²) in [5.41, 5.74) is 2.61. The molecule has 0 aliphatic carbocycles. The molecule has 0 bridgehead atoms. The van der Waals surface area contributed by atoms with E-state index in [2.05, 4.69) is 29.0 Å². The van der Waals surface area contributed by atoms with Crippen LogP contribution in [0.5, 0.6) is 0 Å². The fourth-order valence-corrected chi connectivity index (χ4v) is 2.91. The van der Waals surface area contributed by atoms with Crippen LogP contribution in [-0.2, 0) is 13.0 Å². The Labute approximate surface area is 103 Å². The van der Waals surface area contributed by atoms with Gasteiger partial charge >= 0.3 is 0 Å². The first-order chi connectivity index (χ1) is 8.24. The number of nitrogens with zero attached hydrogens (tertiary/aromatic N) is 2. The smallest absolute Gasteiger partial charge is 0.111 e. The van der Waals surface area contributed by atoms with Crippen molar-refractivity contribution in [1.82, 2.24) is 20.2 Å². The maximum atomic E-state index is 4.80. The molecule has 4 nitrogen and oxygen atoms in total. The van der Waals surface area contributed by atoms with Gasteiger partial charge in [-0.05, 0) is 26.8 Å². The van der Waals surface area contributed by atoms with E-state index in [1.54, 1.807) is 0 Å². The molecule has 2 N–H and O–H groups in total. The predicted molar refractivity (Wildman–Crippen MR) is 68.1 cm³/mol. The van der Waals surface area contributed by atoms with Gasteiger partial charge in [0.05, 0.1) is 11.4 Å². The molecule has 0 aromatic carbocycles. The molecular formula is C13H22N4. The Morgan fingerprint density at radius 2 is 2.29 bits per heavy atom. The molecule has 2 aliphatic heterocycles. The van der Waals surface area contributed by atoms with Gasteiger partial charge in [-0.2, -0.15) is 0 Å². The summed E-state index contributed by atoms with van der Waals surface area (Å²) in [7, 11) is 0. The minimum atomic E-state index is 0.614. The number of likely N-dealkylation sites (tertiary alicyclic amines) is 1. The fraction of sp³-hybridized carbons (Fsp3) is 0.769. The van der Waals surface area contributed by atoms with Gasteiger partial charge in [-0.1, -0.05) is 0 Å². The lowest BCUT2D eigenvalue weighted by Crippen LogP contribution is -2.28. The standard InChI is InChI=1S/C13H22N4/c1-9(2)17-6-4-10(8-17)13-15-11-3-5-14-7-12(11)16-13/h9-10,14H,3-8H2,1-2H3,(H,15,16). The molecule has 1 unspecified atom stereocenters. The number of hydrogen-bond donors (Lipinski definition) is 2. The molecule has 3 heterocycles. The minimum absolute atomic E-state index is 0.614. The van der Waals surface area contributed by atoms with E-state index in [4.69, 9.17) is 4.98 Å². The zero-order chi connectivity index (χ0) is 11.8. The Morgan fingerprint density at radius 3 is 3.00 bits per heavy atom.